The number of benzene rings is 1. The molecule has 21 heavy (non-hydrogen) atoms. The molecular formula is C17H21ClN2O. The molecule has 0 amide bonds. The number of para-hydroxylation sites is 1. The second-order valence-corrected chi connectivity index (χ2v) is 6.20. The number of hydrogen-bond donors (Lipinski definition) is 0. The molecule has 1 heterocycles. The summed E-state index contributed by atoms with van der Waals surface area (Å²) in [6.45, 7) is 2.25. The lowest BCUT2D eigenvalue weighted by Crippen LogP contribution is -2.31. The van der Waals surface area contributed by atoms with Crippen LogP contribution < -0.4 is 5.56 Å². The monoisotopic (exact) mass is 304 g/mol. The molecule has 0 spiro atoms. The van der Waals surface area contributed by atoms with Gasteiger partial charge in [0.25, 0.3) is 5.56 Å². The fraction of sp³-hybridized carbons (Fsp3) is 0.529. The molecule has 0 aliphatic heterocycles. The normalized spacial score (nSPS) is 22.6. The van der Waals surface area contributed by atoms with Gasteiger partial charge >= 0.3 is 0 Å². The van der Waals surface area contributed by atoms with Gasteiger partial charge in [-0.1, -0.05) is 25.5 Å². The average Bonchev–Trinajstić information content (AvgIpc) is 2.55. The van der Waals surface area contributed by atoms with Crippen molar-refractivity contribution in [1.82, 2.24) is 9.55 Å². The van der Waals surface area contributed by atoms with Crippen LogP contribution in [0.3, 0.4) is 0 Å². The summed E-state index contributed by atoms with van der Waals surface area (Å²) in [5.74, 6) is 1.80. The summed E-state index contributed by atoms with van der Waals surface area (Å²) in [5.41, 5.74) is 0.813. The quantitative estimate of drug-likeness (QED) is 0.793. The van der Waals surface area contributed by atoms with Crippen LogP contribution in [0.25, 0.3) is 10.9 Å². The fourth-order valence-corrected chi connectivity index (χ4v) is 3.66. The van der Waals surface area contributed by atoms with Gasteiger partial charge in [0.2, 0.25) is 0 Å². The van der Waals surface area contributed by atoms with Crippen molar-refractivity contribution >= 4 is 22.5 Å². The molecule has 1 fully saturated rings. The maximum Gasteiger partial charge on any atom is 0.261 e. The number of aromatic nitrogens is 2. The Morgan fingerprint density at radius 3 is 2.62 bits per heavy atom. The van der Waals surface area contributed by atoms with E-state index in [2.05, 4.69) is 11.9 Å². The number of fused-ring (bicyclic) bond motifs is 1. The van der Waals surface area contributed by atoms with Gasteiger partial charge in [0.05, 0.1) is 16.8 Å². The van der Waals surface area contributed by atoms with Crippen LogP contribution in [0.2, 0.25) is 0 Å². The zero-order valence-corrected chi connectivity index (χ0v) is 13.1. The maximum atomic E-state index is 12.8. The van der Waals surface area contributed by atoms with E-state index in [1.54, 1.807) is 0 Å². The summed E-state index contributed by atoms with van der Waals surface area (Å²) in [7, 11) is 0. The van der Waals surface area contributed by atoms with Crippen molar-refractivity contribution < 1.29 is 0 Å². The van der Waals surface area contributed by atoms with Crippen LogP contribution in [-0.2, 0) is 5.88 Å². The zero-order valence-electron chi connectivity index (χ0n) is 12.4. The number of rotatable bonds is 3. The third kappa shape index (κ3) is 2.71. The number of halogens is 1. The van der Waals surface area contributed by atoms with Gasteiger partial charge in [0, 0.05) is 6.04 Å². The standard InChI is InChI=1S/C17H21ClN2O/c1-2-12-7-9-13(10-8-12)20-16(11-18)19-15-6-4-3-5-14(15)17(20)21/h3-6,12-13H,2,7-11H2,1H3. The first kappa shape index (κ1) is 14.6. The van der Waals surface area contributed by atoms with Crippen LogP contribution in [0, 0.1) is 5.92 Å². The van der Waals surface area contributed by atoms with E-state index in [-0.39, 0.29) is 17.5 Å². The molecule has 3 rings (SSSR count). The Hall–Kier alpha value is -1.35. The molecule has 1 aromatic heterocycles. The first-order valence-corrected chi connectivity index (χ1v) is 8.34. The number of nitrogens with zero attached hydrogens (tertiary/aromatic N) is 2. The van der Waals surface area contributed by atoms with Crippen LogP contribution in [0.15, 0.2) is 29.1 Å². The molecular weight excluding hydrogens is 284 g/mol. The summed E-state index contributed by atoms with van der Waals surface area (Å²) < 4.78 is 1.86. The van der Waals surface area contributed by atoms with Crippen molar-refractivity contribution in [2.75, 3.05) is 0 Å². The van der Waals surface area contributed by atoms with Crippen molar-refractivity contribution in [3.63, 3.8) is 0 Å². The van der Waals surface area contributed by atoms with Crippen LogP contribution in [0.5, 0.6) is 0 Å². The lowest BCUT2D eigenvalue weighted by atomic mass is 9.84. The fourth-order valence-electron chi connectivity index (χ4n) is 3.47. The summed E-state index contributed by atoms with van der Waals surface area (Å²) in [4.78, 5) is 17.4. The van der Waals surface area contributed by atoms with Gasteiger partial charge in [-0.2, -0.15) is 0 Å². The SMILES string of the molecule is CCC1CCC(n2c(CCl)nc3ccccc3c2=O)CC1. The molecule has 112 valence electrons. The van der Waals surface area contributed by atoms with Crippen molar-refractivity contribution in [2.24, 2.45) is 5.92 Å². The Kier molecular flexibility index (Phi) is 4.29. The lowest BCUT2D eigenvalue weighted by Gasteiger charge is -2.30. The highest BCUT2D eigenvalue weighted by molar-refractivity contribution is 6.16. The minimum Gasteiger partial charge on any atom is -0.292 e. The molecule has 1 aliphatic carbocycles. The van der Waals surface area contributed by atoms with E-state index in [9.17, 15) is 4.79 Å². The summed E-state index contributed by atoms with van der Waals surface area (Å²) in [6, 6.07) is 7.79. The maximum absolute atomic E-state index is 12.8. The van der Waals surface area contributed by atoms with E-state index >= 15 is 0 Å². The first-order valence-electron chi connectivity index (χ1n) is 7.80. The topological polar surface area (TPSA) is 34.9 Å². The molecule has 1 saturated carbocycles. The third-order valence-corrected chi connectivity index (χ3v) is 5.00. The highest BCUT2D eigenvalue weighted by Gasteiger charge is 2.24. The predicted octanol–water partition coefficient (Wildman–Crippen LogP) is 4.28. The molecule has 0 radical (unpaired) electrons. The molecule has 0 bridgehead atoms. The second kappa shape index (κ2) is 6.18. The van der Waals surface area contributed by atoms with Gasteiger partial charge in [-0.15, -0.1) is 11.6 Å². The second-order valence-electron chi connectivity index (χ2n) is 5.94. The average molecular weight is 305 g/mol. The molecule has 3 nitrogen and oxygen atoms in total. The van der Waals surface area contributed by atoms with Gasteiger partial charge in [0.1, 0.15) is 5.82 Å². The molecule has 2 aromatic rings. The largest absolute Gasteiger partial charge is 0.292 e. The van der Waals surface area contributed by atoms with E-state index in [1.807, 2.05) is 28.8 Å². The molecule has 4 heteroatoms. The highest BCUT2D eigenvalue weighted by Crippen LogP contribution is 2.33. The van der Waals surface area contributed by atoms with E-state index < -0.39 is 0 Å². The van der Waals surface area contributed by atoms with Gasteiger partial charge in [0.15, 0.2) is 0 Å². The van der Waals surface area contributed by atoms with Crippen molar-refractivity contribution in [2.45, 2.75) is 50.9 Å². The van der Waals surface area contributed by atoms with Gasteiger partial charge in [-0.25, -0.2) is 4.98 Å². The Balaban J connectivity index is 2.05. The van der Waals surface area contributed by atoms with Gasteiger partial charge < -0.3 is 0 Å². The van der Waals surface area contributed by atoms with Crippen LogP contribution >= 0.6 is 11.6 Å². The molecule has 1 aliphatic rings. The van der Waals surface area contributed by atoms with Crippen LogP contribution in [-0.4, -0.2) is 9.55 Å². The van der Waals surface area contributed by atoms with Gasteiger partial charge in [-0.05, 0) is 43.7 Å². The summed E-state index contributed by atoms with van der Waals surface area (Å²) in [5, 5.41) is 0.698. The minimum atomic E-state index is 0.0659. The van der Waals surface area contributed by atoms with Crippen molar-refractivity contribution in [3.05, 3.63) is 40.4 Å². The molecule has 0 N–H and O–H groups in total. The smallest absolute Gasteiger partial charge is 0.261 e. The van der Waals surface area contributed by atoms with Crippen LogP contribution in [0.4, 0.5) is 0 Å². The number of alkyl halides is 1. The molecule has 1 aromatic carbocycles. The predicted molar refractivity (Wildman–Crippen MR) is 86.8 cm³/mol. The lowest BCUT2D eigenvalue weighted by molar-refractivity contribution is 0.262. The summed E-state index contributed by atoms with van der Waals surface area (Å²) >= 11 is 6.06. The first-order chi connectivity index (χ1) is 10.2. The highest BCUT2D eigenvalue weighted by atomic mass is 35.5. The zero-order chi connectivity index (χ0) is 14.8. The molecule has 0 unspecified atom stereocenters. The van der Waals surface area contributed by atoms with Crippen molar-refractivity contribution in [3.8, 4) is 0 Å². The minimum absolute atomic E-state index is 0.0659. The molecule has 0 atom stereocenters. The van der Waals surface area contributed by atoms with E-state index in [4.69, 9.17) is 11.6 Å². The summed E-state index contributed by atoms with van der Waals surface area (Å²) in [6.07, 6.45) is 5.74. The third-order valence-electron chi connectivity index (χ3n) is 4.76. The number of hydrogen-bond acceptors (Lipinski definition) is 2. The van der Waals surface area contributed by atoms with Crippen LogP contribution in [0.1, 0.15) is 50.9 Å². The molecule has 0 saturated heterocycles. The Bertz CT molecular complexity index is 687. The van der Waals surface area contributed by atoms with E-state index in [1.165, 1.54) is 19.3 Å². The Labute approximate surface area is 130 Å². The van der Waals surface area contributed by atoms with E-state index in [0.29, 0.717) is 11.2 Å². The van der Waals surface area contributed by atoms with E-state index in [0.717, 1.165) is 24.3 Å². The van der Waals surface area contributed by atoms with Gasteiger partial charge in [-0.3, -0.25) is 9.36 Å². The van der Waals surface area contributed by atoms with Crippen molar-refractivity contribution in [1.29, 1.82) is 0 Å². The Morgan fingerprint density at radius 1 is 1.24 bits per heavy atom. The Morgan fingerprint density at radius 2 is 1.95 bits per heavy atom.